The Labute approximate surface area is 150 Å². The highest BCUT2D eigenvalue weighted by atomic mass is 16.4. The maximum Gasteiger partial charge on any atom is 0.344 e. The average molecular weight is 355 g/mol. The van der Waals surface area contributed by atoms with Crippen LogP contribution in [0.25, 0.3) is 21.7 Å². The number of nitrogens with one attached hydrogen (secondary N) is 1. The maximum atomic E-state index is 12.3. The van der Waals surface area contributed by atoms with Gasteiger partial charge in [-0.25, -0.2) is 4.79 Å². The van der Waals surface area contributed by atoms with E-state index in [1.165, 1.54) is 6.07 Å². The molecule has 26 heavy (non-hydrogen) atoms. The molecule has 1 aromatic heterocycles. The number of carbonyl (C=O) groups is 1. The van der Waals surface area contributed by atoms with E-state index in [1.807, 2.05) is 26.0 Å². The second-order valence-corrected chi connectivity index (χ2v) is 6.78. The highest BCUT2D eigenvalue weighted by molar-refractivity contribution is 6.05. The van der Waals surface area contributed by atoms with Crippen molar-refractivity contribution < 1.29 is 19.4 Å². The molecule has 3 aromatic rings. The van der Waals surface area contributed by atoms with Crippen molar-refractivity contribution in [1.29, 1.82) is 0 Å². The van der Waals surface area contributed by atoms with Gasteiger partial charge in [0.2, 0.25) is 0 Å². The molecule has 0 spiro atoms. The molecule has 0 radical (unpaired) electrons. The van der Waals surface area contributed by atoms with Crippen LogP contribution in [-0.2, 0) is 11.3 Å². The molecule has 1 heterocycles. The van der Waals surface area contributed by atoms with Crippen LogP contribution in [0.4, 0.5) is 0 Å². The lowest BCUT2D eigenvalue weighted by Gasteiger charge is -2.17. The first kappa shape index (κ1) is 17.9. The van der Waals surface area contributed by atoms with Gasteiger partial charge in [-0.05, 0) is 35.9 Å². The SMILES string of the molecule is CC(C)CC(NCc1c(O)ccc2c1oc(=O)c1ccccc12)C(=O)O. The second kappa shape index (κ2) is 7.17. The molecule has 136 valence electrons. The Kier molecular flexibility index (Phi) is 4.95. The first-order chi connectivity index (χ1) is 12.4. The van der Waals surface area contributed by atoms with Crippen LogP contribution in [0.15, 0.2) is 45.6 Å². The average Bonchev–Trinajstić information content (AvgIpc) is 2.59. The number of phenolic OH excluding ortho intramolecular Hbond substituents is 1. The smallest absolute Gasteiger partial charge is 0.344 e. The third-order valence-corrected chi connectivity index (χ3v) is 4.40. The Morgan fingerprint density at radius 2 is 1.81 bits per heavy atom. The number of aliphatic carboxylic acids is 1. The lowest BCUT2D eigenvalue weighted by atomic mass is 10.0. The van der Waals surface area contributed by atoms with Crippen LogP contribution in [-0.4, -0.2) is 22.2 Å². The van der Waals surface area contributed by atoms with Gasteiger partial charge in [-0.15, -0.1) is 0 Å². The predicted molar refractivity (Wildman–Crippen MR) is 99.4 cm³/mol. The van der Waals surface area contributed by atoms with E-state index in [0.29, 0.717) is 22.8 Å². The van der Waals surface area contributed by atoms with Gasteiger partial charge in [-0.1, -0.05) is 32.0 Å². The van der Waals surface area contributed by atoms with Gasteiger partial charge in [0.1, 0.15) is 17.4 Å². The standard InChI is InChI=1S/C20H21NO5/c1-11(2)9-16(19(23)24)21-10-15-17(22)8-7-13-12-5-3-4-6-14(12)20(25)26-18(13)15/h3-8,11,16,21-22H,9-10H2,1-2H3,(H,23,24). The van der Waals surface area contributed by atoms with E-state index in [-0.39, 0.29) is 23.8 Å². The molecule has 3 N–H and O–H groups in total. The van der Waals surface area contributed by atoms with Gasteiger partial charge in [0, 0.05) is 11.9 Å². The van der Waals surface area contributed by atoms with Crippen LogP contribution in [0.1, 0.15) is 25.8 Å². The summed E-state index contributed by atoms with van der Waals surface area (Å²) in [5.41, 5.74) is 0.159. The Balaban J connectivity index is 2.07. The fourth-order valence-corrected chi connectivity index (χ4v) is 3.13. The van der Waals surface area contributed by atoms with Crippen LogP contribution >= 0.6 is 0 Å². The summed E-state index contributed by atoms with van der Waals surface area (Å²) in [6.07, 6.45) is 0.452. The summed E-state index contributed by atoms with van der Waals surface area (Å²) in [4.78, 5) is 23.7. The fraction of sp³-hybridized carbons (Fsp3) is 0.300. The van der Waals surface area contributed by atoms with Crippen molar-refractivity contribution >= 4 is 27.7 Å². The van der Waals surface area contributed by atoms with Gasteiger partial charge in [0.15, 0.2) is 0 Å². The maximum absolute atomic E-state index is 12.3. The molecule has 6 heteroatoms. The molecule has 0 saturated carbocycles. The zero-order valence-electron chi connectivity index (χ0n) is 14.7. The number of rotatable bonds is 6. The van der Waals surface area contributed by atoms with Gasteiger partial charge in [-0.2, -0.15) is 0 Å². The number of fused-ring (bicyclic) bond motifs is 3. The van der Waals surface area contributed by atoms with Gasteiger partial charge < -0.3 is 19.9 Å². The van der Waals surface area contributed by atoms with E-state index >= 15 is 0 Å². The number of hydrogen-bond donors (Lipinski definition) is 3. The molecule has 0 fully saturated rings. The molecular formula is C20H21NO5. The Bertz CT molecular complexity index is 1020. The normalized spacial score (nSPS) is 12.7. The van der Waals surface area contributed by atoms with E-state index in [2.05, 4.69) is 5.32 Å². The lowest BCUT2D eigenvalue weighted by molar-refractivity contribution is -0.140. The summed E-state index contributed by atoms with van der Waals surface area (Å²) in [7, 11) is 0. The van der Waals surface area contributed by atoms with E-state index in [9.17, 15) is 19.8 Å². The van der Waals surface area contributed by atoms with Crippen LogP contribution in [0.3, 0.4) is 0 Å². The second-order valence-electron chi connectivity index (χ2n) is 6.78. The summed E-state index contributed by atoms with van der Waals surface area (Å²) >= 11 is 0. The number of phenols is 1. The molecule has 0 aliphatic carbocycles. The van der Waals surface area contributed by atoms with Crippen molar-refractivity contribution in [3.8, 4) is 5.75 Å². The van der Waals surface area contributed by atoms with Crippen molar-refractivity contribution in [3.05, 3.63) is 52.4 Å². The molecule has 1 atom stereocenters. The fourth-order valence-electron chi connectivity index (χ4n) is 3.13. The third-order valence-electron chi connectivity index (χ3n) is 4.40. The van der Waals surface area contributed by atoms with Crippen molar-refractivity contribution in [2.75, 3.05) is 0 Å². The highest BCUT2D eigenvalue weighted by Crippen LogP contribution is 2.30. The van der Waals surface area contributed by atoms with Gasteiger partial charge >= 0.3 is 11.6 Å². The molecule has 0 bridgehead atoms. The minimum atomic E-state index is -0.953. The molecule has 2 aromatic carbocycles. The predicted octanol–water partition coefficient (Wildman–Crippen LogP) is 3.24. The van der Waals surface area contributed by atoms with Crippen molar-refractivity contribution in [1.82, 2.24) is 5.32 Å². The highest BCUT2D eigenvalue weighted by Gasteiger charge is 2.20. The molecule has 1 unspecified atom stereocenters. The lowest BCUT2D eigenvalue weighted by Crippen LogP contribution is -2.37. The molecule has 0 amide bonds. The zero-order valence-corrected chi connectivity index (χ0v) is 14.7. The monoisotopic (exact) mass is 355 g/mol. The molecule has 3 rings (SSSR count). The van der Waals surface area contributed by atoms with Crippen molar-refractivity contribution in [3.63, 3.8) is 0 Å². The Morgan fingerprint density at radius 3 is 2.46 bits per heavy atom. The van der Waals surface area contributed by atoms with Crippen LogP contribution in [0.2, 0.25) is 0 Å². The van der Waals surface area contributed by atoms with Gasteiger partial charge in [-0.3, -0.25) is 4.79 Å². The van der Waals surface area contributed by atoms with E-state index in [1.54, 1.807) is 18.2 Å². The minimum absolute atomic E-state index is 0.0443. The molecule has 6 nitrogen and oxygen atoms in total. The molecule has 0 aliphatic heterocycles. The van der Waals surface area contributed by atoms with E-state index < -0.39 is 17.6 Å². The van der Waals surface area contributed by atoms with Gasteiger partial charge in [0.05, 0.1) is 10.9 Å². The number of benzene rings is 2. The summed E-state index contributed by atoms with van der Waals surface area (Å²) in [5, 5.41) is 24.5. The first-order valence-corrected chi connectivity index (χ1v) is 8.51. The summed E-state index contributed by atoms with van der Waals surface area (Å²) in [5.74, 6) is -0.797. The quantitative estimate of drug-likeness (QED) is 0.464. The Morgan fingerprint density at radius 1 is 1.12 bits per heavy atom. The largest absolute Gasteiger partial charge is 0.507 e. The van der Waals surface area contributed by atoms with Crippen LogP contribution in [0.5, 0.6) is 5.75 Å². The molecular weight excluding hydrogens is 334 g/mol. The first-order valence-electron chi connectivity index (χ1n) is 8.51. The Hall–Kier alpha value is -2.86. The van der Waals surface area contributed by atoms with E-state index in [4.69, 9.17) is 4.42 Å². The van der Waals surface area contributed by atoms with Crippen molar-refractivity contribution in [2.45, 2.75) is 32.9 Å². The molecule has 0 saturated heterocycles. The molecule has 0 aliphatic rings. The van der Waals surface area contributed by atoms with Crippen molar-refractivity contribution in [2.24, 2.45) is 5.92 Å². The number of carboxylic acids is 1. The zero-order chi connectivity index (χ0) is 18.8. The topological polar surface area (TPSA) is 99.8 Å². The number of hydrogen-bond acceptors (Lipinski definition) is 5. The number of carboxylic acid groups (broad SMARTS) is 1. The van der Waals surface area contributed by atoms with Crippen LogP contribution < -0.4 is 10.9 Å². The van der Waals surface area contributed by atoms with Gasteiger partial charge in [0.25, 0.3) is 0 Å². The summed E-state index contributed by atoms with van der Waals surface area (Å²) in [6.45, 7) is 3.96. The van der Waals surface area contributed by atoms with Crippen LogP contribution in [0, 0.1) is 5.92 Å². The number of aromatic hydroxyl groups is 1. The van der Waals surface area contributed by atoms with E-state index in [0.717, 1.165) is 5.39 Å². The third kappa shape index (κ3) is 3.41. The minimum Gasteiger partial charge on any atom is -0.507 e. The summed E-state index contributed by atoms with van der Waals surface area (Å²) < 4.78 is 5.46. The summed E-state index contributed by atoms with van der Waals surface area (Å²) in [6, 6.07) is 9.58.